The maximum absolute atomic E-state index is 5.75. The highest BCUT2D eigenvalue weighted by atomic mass is 35.5. The number of methoxy groups -OCH3 is 1. The fraction of sp³-hybridized carbons (Fsp3) is 0.600. The molecule has 1 aliphatic rings. The van der Waals surface area contributed by atoms with E-state index in [9.17, 15) is 0 Å². The third-order valence-corrected chi connectivity index (χ3v) is 2.90. The Labute approximate surface area is 94.0 Å². The number of ether oxygens (including phenoxy) is 1. The standard InChI is InChI=1S/C10H14ClN3O/c1-15-9-3-2-7(4-9)13-8-5-10(11)14-12-6-8/h5-7,9H,2-4H2,1H3,(H,13,14). The molecular formula is C10H14ClN3O. The summed E-state index contributed by atoms with van der Waals surface area (Å²) >= 11 is 5.75. The van der Waals surface area contributed by atoms with Gasteiger partial charge in [-0.05, 0) is 19.3 Å². The number of rotatable bonds is 3. The number of hydrogen-bond acceptors (Lipinski definition) is 4. The summed E-state index contributed by atoms with van der Waals surface area (Å²) in [6, 6.07) is 2.24. The van der Waals surface area contributed by atoms with E-state index in [1.165, 1.54) is 0 Å². The molecule has 0 aromatic carbocycles. The van der Waals surface area contributed by atoms with Crippen LogP contribution in [0.4, 0.5) is 5.69 Å². The Morgan fingerprint density at radius 1 is 1.53 bits per heavy atom. The van der Waals surface area contributed by atoms with Gasteiger partial charge in [0, 0.05) is 19.2 Å². The van der Waals surface area contributed by atoms with E-state index < -0.39 is 0 Å². The van der Waals surface area contributed by atoms with Gasteiger partial charge < -0.3 is 10.1 Å². The minimum Gasteiger partial charge on any atom is -0.381 e. The molecule has 0 saturated heterocycles. The fourth-order valence-electron chi connectivity index (χ4n) is 1.94. The lowest BCUT2D eigenvalue weighted by molar-refractivity contribution is 0.108. The summed E-state index contributed by atoms with van der Waals surface area (Å²) in [4.78, 5) is 0. The normalized spacial score (nSPS) is 25.5. The van der Waals surface area contributed by atoms with Crippen LogP contribution in [0.2, 0.25) is 5.15 Å². The molecule has 0 spiro atoms. The molecule has 1 fully saturated rings. The van der Waals surface area contributed by atoms with Gasteiger partial charge in [0.05, 0.1) is 18.0 Å². The van der Waals surface area contributed by atoms with Crippen molar-refractivity contribution < 1.29 is 4.74 Å². The Bertz CT molecular complexity index is 334. The Hall–Kier alpha value is -0.870. The number of hydrogen-bond donors (Lipinski definition) is 1. The second-order valence-corrected chi connectivity index (χ2v) is 4.17. The SMILES string of the molecule is COC1CCC(Nc2cnnc(Cl)c2)C1. The summed E-state index contributed by atoms with van der Waals surface area (Å²) in [6.07, 6.45) is 5.34. The van der Waals surface area contributed by atoms with Gasteiger partial charge in [0.2, 0.25) is 0 Å². The minimum atomic E-state index is 0.382. The quantitative estimate of drug-likeness (QED) is 0.859. The van der Waals surface area contributed by atoms with Gasteiger partial charge in [-0.25, -0.2) is 0 Å². The third kappa shape index (κ3) is 2.79. The lowest BCUT2D eigenvalue weighted by Crippen LogP contribution is -2.17. The van der Waals surface area contributed by atoms with Gasteiger partial charge >= 0.3 is 0 Å². The van der Waals surface area contributed by atoms with Crippen LogP contribution in [0.1, 0.15) is 19.3 Å². The summed E-state index contributed by atoms with van der Waals surface area (Å²) in [6.45, 7) is 0. The zero-order valence-electron chi connectivity index (χ0n) is 8.61. The number of aromatic nitrogens is 2. The van der Waals surface area contributed by atoms with Gasteiger partial charge in [-0.3, -0.25) is 0 Å². The first kappa shape index (κ1) is 10.6. The van der Waals surface area contributed by atoms with E-state index in [2.05, 4.69) is 15.5 Å². The van der Waals surface area contributed by atoms with Gasteiger partial charge in [-0.1, -0.05) is 11.6 Å². The molecule has 1 aliphatic carbocycles. The second kappa shape index (κ2) is 4.77. The van der Waals surface area contributed by atoms with Crippen molar-refractivity contribution >= 4 is 17.3 Å². The first-order chi connectivity index (χ1) is 7.28. The molecule has 2 atom stereocenters. The van der Waals surface area contributed by atoms with Gasteiger partial charge in [0.25, 0.3) is 0 Å². The molecule has 1 heterocycles. The molecule has 5 heteroatoms. The predicted molar refractivity (Wildman–Crippen MR) is 59.1 cm³/mol. The summed E-state index contributed by atoms with van der Waals surface area (Å²) in [5.41, 5.74) is 0.928. The van der Waals surface area contributed by atoms with Crippen molar-refractivity contribution in [1.29, 1.82) is 0 Å². The number of nitrogens with one attached hydrogen (secondary N) is 1. The molecular weight excluding hydrogens is 214 g/mol. The fourth-order valence-corrected chi connectivity index (χ4v) is 2.10. The maximum Gasteiger partial charge on any atom is 0.153 e. The molecule has 15 heavy (non-hydrogen) atoms. The molecule has 4 nitrogen and oxygen atoms in total. The highest BCUT2D eigenvalue weighted by Crippen LogP contribution is 2.24. The summed E-state index contributed by atoms with van der Waals surface area (Å²) in [5.74, 6) is 0. The van der Waals surface area contributed by atoms with Crippen LogP contribution >= 0.6 is 11.6 Å². The molecule has 0 amide bonds. The zero-order chi connectivity index (χ0) is 10.7. The van der Waals surface area contributed by atoms with Crippen molar-refractivity contribution in [3.05, 3.63) is 17.4 Å². The average Bonchev–Trinajstić information content (AvgIpc) is 2.65. The highest BCUT2D eigenvalue weighted by molar-refractivity contribution is 6.29. The van der Waals surface area contributed by atoms with Gasteiger partial charge in [-0.15, -0.1) is 5.10 Å². The molecule has 2 unspecified atom stereocenters. The largest absolute Gasteiger partial charge is 0.381 e. The first-order valence-electron chi connectivity index (χ1n) is 5.05. The monoisotopic (exact) mass is 227 g/mol. The van der Waals surface area contributed by atoms with Crippen LogP contribution in [0.25, 0.3) is 0 Å². The van der Waals surface area contributed by atoms with E-state index in [1.54, 1.807) is 19.4 Å². The number of nitrogens with zero attached hydrogens (tertiary/aromatic N) is 2. The van der Waals surface area contributed by atoms with Crippen molar-refractivity contribution in [3.8, 4) is 0 Å². The lowest BCUT2D eigenvalue weighted by Gasteiger charge is -2.13. The van der Waals surface area contributed by atoms with E-state index in [1.807, 2.05) is 0 Å². The summed E-state index contributed by atoms with van der Waals surface area (Å²) < 4.78 is 5.31. The summed E-state index contributed by atoms with van der Waals surface area (Å²) in [5, 5.41) is 11.3. The van der Waals surface area contributed by atoms with Crippen LogP contribution in [-0.4, -0.2) is 29.5 Å². The van der Waals surface area contributed by atoms with Crippen LogP contribution in [0.5, 0.6) is 0 Å². The molecule has 1 aromatic heterocycles. The molecule has 0 aliphatic heterocycles. The molecule has 1 aromatic rings. The van der Waals surface area contributed by atoms with Crippen molar-refractivity contribution in [2.45, 2.75) is 31.4 Å². The average molecular weight is 228 g/mol. The van der Waals surface area contributed by atoms with Gasteiger partial charge in [0.15, 0.2) is 5.15 Å². The lowest BCUT2D eigenvalue weighted by atomic mass is 10.2. The Balaban J connectivity index is 1.92. The van der Waals surface area contributed by atoms with Crippen LogP contribution in [-0.2, 0) is 4.74 Å². The van der Waals surface area contributed by atoms with Crippen LogP contribution in [0.3, 0.4) is 0 Å². The minimum absolute atomic E-state index is 0.382. The number of halogens is 1. The first-order valence-corrected chi connectivity index (χ1v) is 5.43. The molecule has 1 N–H and O–H groups in total. The maximum atomic E-state index is 5.75. The molecule has 0 bridgehead atoms. The van der Waals surface area contributed by atoms with Gasteiger partial charge in [-0.2, -0.15) is 5.10 Å². The predicted octanol–water partition coefficient (Wildman–Crippen LogP) is 2.11. The summed E-state index contributed by atoms with van der Waals surface area (Å²) in [7, 11) is 1.76. The van der Waals surface area contributed by atoms with Crippen molar-refractivity contribution in [2.24, 2.45) is 0 Å². The Morgan fingerprint density at radius 3 is 3.07 bits per heavy atom. The van der Waals surface area contributed by atoms with E-state index in [4.69, 9.17) is 16.3 Å². The van der Waals surface area contributed by atoms with Crippen molar-refractivity contribution in [3.63, 3.8) is 0 Å². The molecule has 1 saturated carbocycles. The zero-order valence-corrected chi connectivity index (χ0v) is 9.37. The van der Waals surface area contributed by atoms with Crippen LogP contribution < -0.4 is 5.32 Å². The highest BCUT2D eigenvalue weighted by Gasteiger charge is 2.24. The van der Waals surface area contributed by atoms with Crippen molar-refractivity contribution in [2.75, 3.05) is 12.4 Å². The topological polar surface area (TPSA) is 47.0 Å². The molecule has 82 valence electrons. The second-order valence-electron chi connectivity index (χ2n) is 3.78. The Kier molecular flexibility index (Phi) is 3.38. The van der Waals surface area contributed by atoms with Crippen LogP contribution in [0, 0.1) is 0 Å². The third-order valence-electron chi connectivity index (χ3n) is 2.71. The van der Waals surface area contributed by atoms with Crippen LogP contribution in [0.15, 0.2) is 12.3 Å². The number of anilines is 1. The van der Waals surface area contributed by atoms with E-state index in [-0.39, 0.29) is 0 Å². The molecule has 2 rings (SSSR count). The van der Waals surface area contributed by atoms with E-state index in [0.29, 0.717) is 17.3 Å². The molecule has 0 radical (unpaired) electrons. The smallest absolute Gasteiger partial charge is 0.153 e. The van der Waals surface area contributed by atoms with E-state index in [0.717, 1.165) is 24.9 Å². The van der Waals surface area contributed by atoms with Gasteiger partial charge in [0.1, 0.15) is 0 Å². The Morgan fingerprint density at radius 2 is 2.40 bits per heavy atom. The van der Waals surface area contributed by atoms with E-state index >= 15 is 0 Å². The van der Waals surface area contributed by atoms with Crippen molar-refractivity contribution in [1.82, 2.24) is 10.2 Å².